The lowest BCUT2D eigenvalue weighted by molar-refractivity contribution is 0.0904. The molecule has 1 aliphatic rings. The summed E-state index contributed by atoms with van der Waals surface area (Å²) >= 11 is 5.35. The molecule has 0 aromatic carbocycles. The third-order valence-electron chi connectivity index (χ3n) is 3.43. The van der Waals surface area contributed by atoms with Crippen LogP contribution < -0.4 is 5.73 Å². The number of hydrogen-bond acceptors (Lipinski definition) is 3. The summed E-state index contributed by atoms with van der Waals surface area (Å²) in [5.74, 6) is 0. The van der Waals surface area contributed by atoms with E-state index in [1.165, 1.54) is 27.9 Å². The molecule has 2 unspecified atom stereocenters. The van der Waals surface area contributed by atoms with Crippen LogP contribution in [0.2, 0.25) is 0 Å². The van der Waals surface area contributed by atoms with Crippen LogP contribution in [0.25, 0.3) is 0 Å². The molecule has 1 saturated heterocycles. The van der Waals surface area contributed by atoms with Gasteiger partial charge in [0.15, 0.2) is 0 Å². The number of nitrogens with two attached hydrogens (primary N) is 1. The molecule has 2 nitrogen and oxygen atoms in total. The molecule has 4 heteroatoms. The van der Waals surface area contributed by atoms with Gasteiger partial charge in [-0.15, -0.1) is 11.3 Å². The average molecular weight is 303 g/mol. The molecule has 1 aliphatic heterocycles. The Morgan fingerprint density at radius 1 is 1.50 bits per heavy atom. The normalized spacial score (nSPS) is 27.2. The highest BCUT2D eigenvalue weighted by molar-refractivity contribution is 9.11. The van der Waals surface area contributed by atoms with Crippen molar-refractivity contribution in [1.29, 1.82) is 0 Å². The summed E-state index contributed by atoms with van der Waals surface area (Å²) in [5, 5.41) is 0. The first-order chi connectivity index (χ1) is 7.70. The van der Waals surface area contributed by atoms with Crippen molar-refractivity contribution in [3.05, 3.63) is 20.8 Å². The first-order valence-corrected chi connectivity index (χ1v) is 7.51. The number of thiophene rings is 1. The quantitative estimate of drug-likeness (QED) is 0.929. The van der Waals surface area contributed by atoms with Gasteiger partial charge in [0.2, 0.25) is 0 Å². The number of halogens is 1. The maximum atomic E-state index is 5.87. The maximum absolute atomic E-state index is 5.87. The molecule has 1 fully saturated rings. The molecule has 90 valence electrons. The Kier molecular flexibility index (Phi) is 4.41. The van der Waals surface area contributed by atoms with Gasteiger partial charge >= 0.3 is 0 Å². The zero-order valence-electron chi connectivity index (χ0n) is 9.66. The second-order valence-electron chi connectivity index (χ2n) is 4.55. The van der Waals surface area contributed by atoms with E-state index < -0.39 is 0 Å². The van der Waals surface area contributed by atoms with Gasteiger partial charge in [0, 0.05) is 30.1 Å². The molecule has 1 aromatic heterocycles. The summed E-state index contributed by atoms with van der Waals surface area (Å²) in [6.45, 7) is 4.17. The Balaban J connectivity index is 2.05. The van der Waals surface area contributed by atoms with E-state index in [1.54, 1.807) is 0 Å². The molecule has 1 aromatic rings. The van der Waals surface area contributed by atoms with Crippen molar-refractivity contribution in [3.8, 4) is 0 Å². The summed E-state index contributed by atoms with van der Waals surface area (Å²) in [6, 6.07) is 5.59. The van der Waals surface area contributed by atoms with Crippen LogP contribution in [0.15, 0.2) is 15.9 Å². The topological polar surface area (TPSA) is 29.3 Å². The van der Waals surface area contributed by atoms with E-state index in [1.807, 2.05) is 11.3 Å². The van der Waals surface area contributed by atoms with Gasteiger partial charge in [-0.25, -0.2) is 0 Å². The van der Waals surface area contributed by atoms with Crippen molar-refractivity contribution in [1.82, 2.24) is 4.90 Å². The molecule has 2 atom stereocenters. The van der Waals surface area contributed by atoms with E-state index in [9.17, 15) is 0 Å². The monoisotopic (exact) mass is 302 g/mol. The number of likely N-dealkylation sites (tertiary alicyclic amines) is 1. The Bertz CT molecular complexity index is 340. The number of piperidine rings is 1. The molecule has 0 amide bonds. The molecule has 0 radical (unpaired) electrons. The van der Waals surface area contributed by atoms with Crippen LogP contribution in [0.4, 0.5) is 0 Å². The van der Waals surface area contributed by atoms with Crippen molar-refractivity contribution in [2.24, 2.45) is 5.73 Å². The molecular formula is C12H19BrN2S. The van der Waals surface area contributed by atoms with Gasteiger partial charge in [0.25, 0.3) is 0 Å². The van der Waals surface area contributed by atoms with Crippen molar-refractivity contribution < 1.29 is 0 Å². The van der Waals surface area contributed by atoms with Crippen LogP contribution in [0.3, 0.4) is 0 Å². The van der Waals surface area contributed by atoms with E-state index in [2.05, 4.69) is 39.9 Å². The van der Waals surface area contributed by atoms with Gasteiger partial charge in [-0.2, -0.15) is 0 Å². The largest absolute Gasteiger partial charge is 0.329 e. The highest BCUT2D eigenvalue weighted by Gasteiger charge is 2.26. The molecule has 0 bridgehead atoms. The summed E-state index contributed by atoms with van der Waals surface area (Å²) in [4.78, 5) is 4.00. The van der Waals surface area contributed by atoms with Crippen molar-refractivity contribution in [3.63, 3.8) is 0 Å². The van der Waals surface area contributed by atoms with E-state index in [-0.39, 0.29) is 0 Å². The van der Waals surface area contributed by atoms with Gasteiger partial charge in [-0.1, -0.05) is 6.42 Å². The van der Waals surface area contributed by atoms with E-state index in [0.29, 0.717) is 12.1 Å². The predicted molar refractivity (Wildman–Crippen MR) is 73.7 cm³/mol. The van der Waals surface area contributed by atoms with Crippen LogP contribution in [0.1, 0.15) is 31.1 Å². The third-order valence-corrected chi connectivity index (χ3v) is 5.04. The van der Waals surface area contributed by atoms with Gasteiger partial charge in [-0.05, 0) is 47.8 Å². The summed E-state index contributed by atoms with van der Waals surface area (Å²) in [6.07, 6.45) is 3.89. The minimum Gasteiger partial charge on any atom is -0.329 e. The Morgan fingerprint density at radius 3 is 2.94 bits per heavy atom. The second-order valence-corrected chi connectivity index (χ2v) is 7.10. The first kappa shape index (κ1) is 12.6. The van der Waals surface area contributed by atoms with Gasteiger partial charge in [-0.3, -0.25) is 4.90 Å². The Morgan fingerprint density at radius 2 is 2.31 bits per heavy atom. The van der Waals surface area contributed by atoms with E-state index in [0.717, 1.165) is 13.1 Å². The minimum absolute atomic E-state index is 0.574. The summed E-state index contributed by atoms with van der Waals surface area (Å²) in [5.41, 5.74) is 5.87. The molecule has 0 aliphatic carbocycles. The Hall–Kier alpha value is 0.1000. The molecule has 16 heavy (non-hydrogen) atoms. The average Bonchev–Trinajstić information content (AvgIpc) is 2.67. The number of nitrogens with zero attached hydrogens (tertiary/aromatic N) is 1. The van der Waals surface area contributed by atoms with Crippen LogP contribution in [-0.4, -0.2) is 23.5 Å². The van der Waals surface area contributed by atoms with Crippen molar-refractivity contribution >= 4 is 27.3 Å². The molecule has 2 heterocycles. The van der Waals surface area contributed by atoms with E-state index in [4.69, 9.17) is 5.73 Å². The lowest BCUT2D eigenvalue weighted by Crippen LogP contribution is -2.48. The first-order valence-electron chi connectivity index (χ1n) is 5.90. The predicted octanol–water partition coefficient (Wildman–Crippen LogP) is 3.21. The van der Waals surface area contributed by atoms with E-state index >= 15 is 0 Å². The minimum atomic E-state index is 0.574. The lowest BCUT2D eigenvalue weighted by atomic mass is 9.96. The fourth-order valence-corrected chi connectivity index (χ4v) is 3.99. The van der Waals surface area contributed by atoms with Crippen LogP contribution >= 0.6 is 27.3 Å². The van der Waals surface area contributed by atoms with Crippen LogP contribution in [0, 0.1) is 0 Å². The summed E-state index contributed by atoms with van der Waals surface area (Å²) < 4.78 is 1.22. The number of rotatable bonds is 3. The third kappa shape index (κ3) is 2.86. The Labute approximate surface area is 110 Å². The molecular weight excluding hydrogens is 284 g/mol. The smallest absolute Gasteiger partial charge is 0.0701 e. The fourth-order valence-electron chi connectivity index (χ4n) is 2.50. The molecule has 0 saturated carbocycles. The SMILES string of the molecule is CC1CCCC(CN)N1Cc1ccc(Br)s1. The highest BCUT2D eigenvalue weighted by atomic mass is 79.9. The van der Waals surface area contributed by atoms with Gasteiger partial charge < -0.3 is 5.73 Å². The zero-order valence-corrected chi connectivity index (χ0v) is 12.1. The van der Waals surface area contributed by atoms with Gasteiger partial charge in [0.05, 0.1) is 3.79 Å². The zero-order chi connectivity index (χ0) is 11.5. The lowest BCUT2D eigenvalue weighted by Gasteiger charge is -2.40. The molecule has 2 N–H and O–H groups in total. The standard InChI is InChI=1S/C12H19BrN2S/c1-9-3-2-4-10(7-14)15(9)8-11-5-6-12(13)16-11/h5-6,9-10H,2-4,7-8,14H2,1H3. The number of hydrogen-bond donors (Lipinski definition) is 1. The van der Waals surface area contributed by atoms with Crippen LogP contribution in [-0.2, 0) is 6.54 Å². The van der Waals surface area contributed by atoms with Crippen molar-refractivity contribution in [2.75, 3.05) is 6.54 Å². The van der Waals surface area contributed by atoms with Crippen molar-refractivity contribution in [2.45, 2.75) is 44.8 Å². The molecule has 2 rings (SSSR count). The second kappa shape index (κ2) is 5.63. The van der Waals surface area contributed by atoms with Gasteiger partial charge in [0.1, 0.15) is 0 Å². The summed E-state index contributed by atoms with van der Waals surface area (Å²) in [7, 11) is 0. The highest BCUT2D eigenvalue weighted by Crippen LogP contribution is 2.28. The van der Waals surface area contributed by atoms with Crippen LogP contribution in [0.5, 0.6) is 0 Å². The fraction of sp³-hybridized carbons (Fsp3) is 0.667. The maximum Gasteiger partial charge on any atom is 0.0701 e. The molecule has 0 spiro atoms.